The highest BCUT2D eigenvalue weighted by molar-refractivity contribution is 5.96. The topological polar surface area (TPSA) is 38.1 Å². The second kappa shape index (κ2) is 6.65. The van der Waals surface area contributed by atoms with E-state index in [0.717, 1.165) is 33.8 Å². The van der Waals surface area contributed by atoms with Crippen LogP contribution in [-0.4, -0.2) is 26.9 Å². The monoisotopic (exact) mass is 363 g/mol. The summed E-state index contributed by atoms with van der Waals surface area (Å²) in [7, 11) is 0. The number of nitrogens with zero attached hydrogens (tertiary/aromatic N) is 3. The number of hydrogen-bond donors (Lipinski definition) is 0. The fraction of sp³-hybridized carbons (Fsp3) is 0.273. The third kappa shape index (κ3) is 2.93. The fourth-order valence-corrected chi connectivity index (χ4v) is 3.86. The Balaban J connectivity index is 1.68. The molecule has 1 amide bonds. The van der Waals surface area contributed by atoms with Gasteiger partial charge in [-0.3, -0.25) is 4.79 Å². The first-order chi connectivity index (χ1) is 13.0. The Morgan fingerprint density at radius 2 is 1.89 bits per heavy atom. The van der Waals surface area contributed by atoms with Gasteiger partial charge in [-0.25, -0.2) is 9.37 Å². The van der Waals surface area contributed by atoms with Crippen LogP contribution in [0.4, 0.5) is 4.39 Å². The Labute approximate surface area is 158 Å². The van der Waals surface area contributed by atoms with E-state index in [-0.39, 0.29) is 17.8 Å². The van der Waals surface area contributed by atoms with E-state index >= 15 is 0 Å². The molecule has 4 rings (SSSR count). The van der Waals surface area contributed by atoms with Gasteiger partial charge in [0.2, 0.25) is 0 Å². The summed E-state index contributed by atoms with van der Waals surface area (Å²) in [5.74, 6) is 0.634. The molecule has 0 fully saturated rings. The van der Waals surface area contributed by atoms with Crippen LogP contribution in [0.25, 0.3) is 11.4 Å². The maximum atomic E-state index is 13.5. The molecule has 1 unspecified atom stereocenters. The second-order valence-corrected chi connectivity index (χ2v) is 7.11. The molecule has 1 aromatic heterocycles. The summed E-state index contributed by atoms with van der Waals surface area (Å²) in [5.41, 5.74) is 4.51. The van der Waals surface area contributed by atoms with Crippen molar-refractivity contribution in [1.82, 2.24) is 14.5 Å². The fourth-order valence-electron chi connectivity index (χ4n) is 3.86. The van der Waals surface area contributed by atoms with E-state index in [4.69, 9.17) is 0 Å². The van der Waals surface area contributed by atoms with Crippen LogP contribution in [0.1, 0.15) is 40.1 Å². The highest BCUT2D eigenvalue weighted by Crippen LogP contribution is 2.32. The summed E-state index contributed by atoms with van der Waals surface area (Å²) in [6.07, 6.45) is 1.83. The lowest BCUT2D eigenvalue weighted by Crippen LogP contribution is -2.41. The predicted molar refractivity (Wildman–Crippen MR) is 103 cm³/mol. The van der Waals surface area contributed by atoms with Gasteiger partial charge in [-0.2, -0.15) is 0 Å². The van der Waals surface area contributed by atoms with Gasteiger partial charge in [0.1, 0.15) is 11.6 Å². The molecule has 3 aromatic rings. The number of hydrogen-bond acceptors (Lipinski definition) is 2. The van der Waals surface area contributed by atoms with E-state index < -0.39 is 0 Å². The number of aromatic nitrogens is 2. The van der Waals surface area contributed by atoms with Gasteiger partial charge in [-0.05, 0) is 56.2 Å². The van der Waals surface area contributed by atoms with Gasteiger partial charge in [-0.1, -0.05) is 18.2 Å². The Hall–Kier alpha value is -2.95. The summed E-state index contributed by atoms with van der Waals surface area (Å²) in [6.45, 7) is 7.17. The largest absolute Gasteiger partial charge is 0.329 e. The molecule has 0 spiro atoms. The zero-order valence-corrected chi connectivity index (χ0v) is 15.7. The smallest absolute Gasteiger partial charge is 0.254 e. The number of amides is 1. The molecule has 5 heteroatoms. The molecule has 4 nitrogen and oxygen atoms in total. The van der Waals surface area contributed by atoms with Gasteiger partial charge < -0.3 is 9.47 Å². The van der Waals surface area contributed by atoms with Crippen LogP contribution in [0.3, 0.4) is 0 Å². The molecule has 27 heavy (non-hydrogen) atoms. The highest BCUT2D eigenvalue weighted by Gasteiger charge is 2.31. The van der Waals surface area contributed by atoms with Crippen LogP contribution < -0.4 is 0 Å². The first kappa shape index (κ1) is 17.5. The van der Waals surface area contributed by atoms with Gasteiger partial charge in [0, 0.05) is 24.2 Å². The van der Waals surface area contributed by atoms with Crippen molar-refractivity contribution >= 4 is 5.91 Å². The Morgan fingerprint density at radius 3 is 2.63 bits per heavy atom. The highest BCUT2D eigenvalue weighted by atomic mass is 19.1. The molecule has 0 bridgehead atoms. The summed E-state index contributed by atoms with van der Waals surface area (Å²) < 4.78 is 15.6. The number of carbonyl (C=O) groups excluding carboxylic acids is 1. The predicted octanol–water partition coefficient (Wildman–Crippen LogP) is 4.52. The number of fused-ring (bicyclic) bond motifs is 1. The van der Waals surface area contributed by atoms with Crippen LogP contribution >= 0.6 is 0 Å². The van der Waals surface area contributed by atoms with E-state index in [2.05, 4.69) is 9.55 Å². The number of benzene rings is 2. The minimum atomic E-state index is -0.245. The van der Waals surface area contributed by atoms with Gasteiger partial charge in [-0.15, -0.1) is 0 Å². The van der Waals surface area contributed by atoms with Crippen LogP contribution in [0.5, 0.6) is 0 Å². The van der Waals surface area contributed by atoms with Gasteiger partial charge in [0.05, 0.1) is 17.9 Å². The quantitative estimate of drug-likeness (QED) is 0.671. The van der Waals surface area contributed by atoms with Crippen LogP contribution in [-0.2, 0) is 6.54 Å². The van der Waals surface area contributed by atoms with Crippen molar-refractivity contribution in [3.05, 3.63) is 76.9 Å². The Bertz CT molecular complexity index is 1020. The third-order valence-corrected chi connectivity index (χ3v) is 5.41. The molecular weight excluding hydrogens is 341 g/mol. The summed E-state index contributed by atoms with van der Waals surface area (Å²) in [5, 5.41) is 0. The Morgan fingerprint density at radius 1 is 1.11 bits per heavy atom. The van der Waals surface area contributed by atoms with Gasteiger partial charge in [0.15, 0.2) is 0 Å². The maximum absolute atomic E-state index is 13.5. The lowest BCUT2D eigenvalue weighted by Gasteiger charge is -2.35. The van der Waals surface area contributed by atoms with Gasteiger partial charge in [0.25, 0.3) is 5.91 Å². The minimum absolute atomic E-state index is 0.0487. The summed E-state index contributed by atoms with van der Waals surface area (Å²) in [6, 6.07) is 12.4. The number of rotatable bonds is 2. The maximum Gasteiger partial charge on any atom is 0.254 e. The van der Waals surface area contributed by atoms with Crippen molar-refractivity contribution in [3.8, 4) is 11.4 Å². The molecule has 138 valence electrons. The van der Waals surface area contributed by atoms with E-state index in [0.29, 0.717) is 13.1 Å². The molecule has 1 aliphatic rings. The number of carbonyl (C=O) groups is 1. The van der Waals surface area contributed by atoms with Crippen LogP contribution in [0.15, 0.2) is 48.7 Å². The lowest BCUT2D eigenvalue weighted by molar-refractivity contribution is 0.0644. The molecule has 0 saturated carbocycles. The average molecular weight is 363 g/mol. The van der Waals surface area contributed by atoms with E-state index in [1.54, 1.807) is 6.07 Å². The molecule has 2 heterocycles. The molecule has 1 aliphatic heterocycles. The minimum Gasteiger partial charge on any atom is -0.329 e. The van der Waals surface area contributed by atoms with Gasteiger partial charge >= 0.3 is 0 Å². The molecule has 0 aliphatic carbocycles. The van der Waals surface area contributed by atoms with Crippen LogP contribution in [0, 0.1) is 19.7 Å². The average Bonchev–Trinajstić information content (AvgIpc) is 3.07. The number of halogens is 1. The van der Waals surface area contributed by atoms with Crippen molar-refractivity contribution in [2.24, 2.45) is 0 Å². The molecule has 2 aromatic carbocycles. The molecule has 1 atom stereocenters. The zero-order valence-electron chi connectivity index (χ0n) is 15.7. The van der Waals surface area contributed by atoms with Crippen molar-refractivity contribution in [2.75, 3.05) is 6.54 Å². The van der Waals surface area contributed by atoms with Crippen LogP contribution in [0.2, 0.25) is 0 Å². The lowest BCUT2D eigenvalue weighted by atomic mass is 10.0. The first-order valence-electron chi connectivity index (χ1n) is 9.16. The molecule has 0 saturated heterocycles. The second-order valence-electron chi connectivity index (χ2n) is 7.11. The van der Waals surface area contributed by atoms with E-state index in [1.165, 1.54) is 12.1 Å². The summed E-state index contributed by atoms with van der Waals surface area (Å²) in [4.78, 5) is 19.6. The van der Waals surface area contributed by atoms with Crippen molar-refractivity contribution in [1.29, 1.82) is 0 Å². The van der Waals surface area contributed by atoms with Crippen molar-refractivity contribution in [3.63, 3.8) is 0 Å². The SMILES string of the molecule is Cc1ccccc1C(=O)N1CCn2c(cnc2-c2ccc(F)cc2C)C1C. The molecular formula is C22H22FN3O. The zero-order chi connectivity index (χ0) is 19.1. The first-order valence-corrected chi connectivity index (χ1v) is 9.16. The molecule has 0 N–H and O–H groups in total. The van der Waals surface area contributed by atoms with E-state index in [1.807, 2.05) is 56.1 Å². The normalized spacial score (nSPS) is 16.3. The van der Waals surface area contributed by atoms with Crippen molar-refractivity contribution in [2.45, 2.75) is 33.4 Å². The number of aryl methyl sites for hydroxylation is 2. The molecule has 0 radical (unpaired) electrons. The van der Waals surface area contributed by atoms with Crippen molar-refractivity contribution < 1.29 is 9.18 Å². The standard InChI is InChI=1S/C22H22FN3O/c1-14-6-4-5-7-19(14)22(27)25-10-11-26-20(16(25)3)13-24-21(26)18-9-8-17(23)12-15(18)2/h4-9,12-13,16H,10-11H2,1-3H3. The summed E-state index contributed by atoms with van der Waals surface area (Å²) >= 11 is 0. The number of imidazole rings is 1. The van der Waals surface area contributed by atoms with E-state index in [9.17, 15) is 9.18 Å². The third-order valence-electron chi connectivity index (χ3n) is 5.41. The Kier molecular flexibility index (Phi) is 4.30.